The fourth-order valence-corrected chi connectivity index (χ4v) is 1.74. The van der Waals surface area contributed by atoms with E-state index in [1.807, 2.05) is 13.8 Å². The number of hydrogen-bond acceptors (Lipinski definition) is 3. The molecule has 2 aromatic rings. The number of H-pyrrole nitrogens is 1. The van der Waals surface area contributed by atoms with E-state index in [9.17, 15) is 9.18 Å². The molecule has 0 fully saturated rings. The van der Waals surface area contributed by atoms with Crippen molar-refractivity contribution in [2.75, 3.05) is 12.4 Å². The quantitative estimate of drug-likeness (QED) is 0.903. The second-order valence-corrected chi connectivity index (χ2v) is 4.66. The smallest absolute Gasteiger partial charge is 0.260 e. The van der Waals surface area contributed by atoms with Crippen LogP contribution in [0.3, 0.4) is 0 Å². The fraction of sp³-hybridized carbons (Fsp3) is 0.286. The van der Waals surface area contributed by atoms with Crippen LogP contribution in [0.25, 0.3) is 0 Å². The van der Waals surface area contributed by atoms with Crippen molar-refractivity contribution in [3.63, 3.8) is 0 Å². The van der Waals surface area contributed by atoms with Crippen LogP contribution in [0.2, 0.25) is 0 Å². The predicted molar refractivity (Wildman–Crippen MR) is 73.6 cm³/mol. The molecule has 0 radical (unpaired) electrons. The molecule has 0 bridgehead atoms. The van der Waals surface area contributed by atoms with Gasteiger partial charge in [0.15, 0.2) is 5.82 Å². The predicted octanol–water partition coefficient (Wildman–Crippen LogP) is 2.93. The van der Waals surface area contributed by atoms with E-state index in [-0.39, 0.29) is 11.5 Å². The molecule has 0 saturated carbocycles. The maximum Gasteiger partial charge on any atom is 0.260 e. The molecule has 0 aliphatic rings. The van der Waals surface area contributed by atoms with Gasteiger partial charge in [-0.05, 0) is 24.1 Å². The number of aromatic amines is 1. The number of anilines is 1. The minimum atomic E-state index is -0.499. The number of halogens is 1. The molecular formula is C14H16FN3O2. The van der Waals surface area contributed by atoms with E-state index in [1.54, 1.807) is 6.07 Å². The van der Waals surface area contributed by atoms with Crippen LogP contribution in [0, 0.1) is 5.82 Å². The summed E-state index contributed by atoms with van der Waals surface area (Å²) in [4.78, 5) is 12.1. The number of aromatic nitrogens is 2. The minimum Gasteiger partial charge on any atom is -0.496 e. The summed E-state index contributed by atoms with van der Waals surface area (Å²) in [5.74, 6) is 0.00870. The van der Waals surface area contributed by atoms with Crippen molar-refractivity contribution < 1.29 is 13.9 Å². The summed E-state index contributed by atoms with van der Waals surface area (Å²) in [5.41, 5.74) is 1.04. The topological polar surface area (TPSA) is 67.0 Å². The first-order chi connectivity index (χ1) is 9.51. The van der Waals surface area contributed by atoms with Gasteiger partial charge in [-0.2, -0.15) is 5.10 Å². The van der Waals surface area contributed by atoms with Crippen molar-refractivity contribution in [1.82, 2.24) is 10.2 Å². The SMILES string of the molecule is COc1ccc(F)cc1C(=O)Nc1cc(C(C)C)[nH]n1. The molecule has 0 aliphatic heterocycles. The molecule has 2 rings (SSSR count). The van der Waals surface area contributed by atoms with Crippen LogP contribution in [0.4, 0.5) is 10.2 Å². The average molecular weight is 277 g/mol. The Hall–Kier alpha value is -2.37. The van der Waals surface area contributed by atoms with Crippen molar-refractivity contribution in [3.8, 4) is 5.75 Å². The van der Waals surface area contributed by atoms with Crippen molar-refractivity contribution in [3.05, 3.63) is 41.3 Å². The third-order valence-electron chi connectivity index (χ3n) is 2.87. The number of benzene rings is 1. The van der Waals surface area contributed by atoms with Crippen molar-refractivity contribution in [2.45, 2.75) is 19.8 Å². The Labute approximate surface area is 116 Å². The number of carbonyl (C=O) groups is 1. The first-order valence-corrected chi connectivity index (χ1v) is 6.21. The number of rotatable bonds is 4. The number of hydrogen-bond donors (Lipinski definition) is 2. The molecule has 0 aliphatic carbocycles. The summed E-state index contributed by atoms with van der Waals surface area (Å²) in [6.45, 7) is 4.02. The normalized spacial score (nSPS) is 10.7. The summed E-state index contributed by atoms with van der Waals surface area (Å²) < 4.78 is 18.3. The number of carbonyl (C=O) groups excluding carboxylic acids is 1. The van der Waals surface area contributed by atoms with Crippen LogP contribution in [0.1, 0.15) is 35.8 Å². The van der Waals surface area contributed by atoms with E-state index >= 15 is 0 Å². The monoisotopic (exact) mass is 277 g/mol. The molecular weight excluding hydrogens is 261 g/mol. The lowest BCUT2D eigenvalue weighted by Crippen LogP contribution is -2.13. The third-order valence-corrected chi connectivity index (χ3v) is 2.87. The molecule has 106 valence electrons. The largest absolute Gasteiger partial charge is 0.496 e. The summed E-state index contributed by atoms with van der Waals surface area (Å²) in [6, 6.07) is 5.52. The zero-order chi connectivity index (χ0) is 14.7. The van der Waals surface area contributed by atoms with E-state index in [0.717, 1.165) is 11.8 Å². The van der Waals surface area contributed by atoms with Gasteiger partial charge in [0.25, 0.3) is 5.91 Å². The maximum absolute atomic E-state index is 13.2. The number of ether oxygens (including phenoxy) is 1. The highest BCUT2D eigenvalue weighted by Gasteiger charge is 2.15. The van der Waals surface area contributed by atoms with E-state index < -0.39 is 11.7 Å². The molecule has 0 unspecified atom stereocenters. The van der Waals surface area contributed by atoms with Gasteiger partial charge in [-0.15, -0.1) is 0 Å². The molecule has 1 aromatic heterocycles. The van der Waals surface area contributed by atoms with Gasteiger partial charge in [0.2, 0.25) is 0 Å². The summed E-state index contributed by atoms with van der Waals surface area (Å²) in [6.07, 6.45) is 0. The molecule has 1 aromatic carbocycles. The van der Waals surface area contributed by atoms with E-state index in [1.165, 1.54) is 19.2 Å². The second kappa shape index (κ2) is 5.73. The Balaban J connectivity index is 2.21. The Morgan fingerprint density at radius 1 is 1.40 bits per heavy atom. The van der Waals surface area contributed by atoms with Crippen LogP contribution in [0.5, 0.6) is 5.75 Å². The van der Waals surface area contributed by atoms with Gasteiger partial charge in [0.05, 0.1) is 12.7 Å². The third kappa shape index (κ3) is 2.96. The van der Waals surface area contributed by atoms with Crippen molar-refractivity contribution in [2.24, 2.45) is 0 Å². The Kier molecular flexibility index (Phi) is 4.02. The summed E-state index contributed by atoms with van der Waals surface area (Å²) in [7, 11) is 1.43. The Morgan fingerprint density at radius 2 is 2.15 bits per heavy atom. The standard InChI is InChI=1S/C14H16FN3O2/c1-8(2)11-7-13(18-17-11)16-14(19)10-6-9(15)4-5-12(10)20-3/h4-8H,1-3H3,(H2,16,17,18,19). The van der Waals surface area contributed by atoms with Crippen LogP contribution in [-0.4, -0.2) is 23.2 Å². The molecule has 6 heteroatoms. The van der Waals surface area contributed by atoms with E-state index in [0.29, 0.717) is 11.6 Å². The lowest BCUT2D eigenvalue weighted by Gasteiger charge is -2.07. The Bertz CT molecular complexity index is 623. The van der Waals surface area contributed by atoms with Crippen molar-refractivity contribution in [1.29, 1.82) is 0 Å². The van der Waals surface area contributed by atoms with Gasteiger partial charge >= 0.3 is 0 Å². The first-order valence-electron chi connectivity index (χ1n) is 6.21. The summed E-state index contributed by atoms with van der Waals surface area (Å²) >= 11 is 0. The van der Waals surface area contributed by atoms with Crippen LogP contribution >= 0.6 is 0 Å². The van der Waals surface area contributed by atoms with Gasteiger partial charge in [0, 0.05) is 11.8 Å². The van der Waals surface area contributed by atoms with Crippen LogP contribution in [-0.2, 0) is 0 Å². The van der Waals surface area contributed by atoms with Gasteiger partial charge in [-0.1, -0.05) is 13.8 Å². The Morgan fingerprint density at radius 3 is 2.75 bits per heavy atom. The lowest BCUT2D eigenvalue weighted by molar-refractivity contribution is 0.102. The minimum absolute atomic E-state index is 0.126. The molecule has 1 amide bonds. The molecule has 1 heterocycles. The molecule has 2 N–H and O–H groups in total. The fourth-order valence-electron chi connectivity index (χ4n) is 1.74. The molecule has 5 nitrogen and oxygen atoms in total. The average Bonchev–Trinajstić information content (AvgIpc) is 2.87. The van der Waals surface area contributed by atoms with Gasteiger partial charge in [-0.25, -0.2) is 4.39 Å². The zero-order valence-corrected chi connectivity index (χ0v) is 11.5. The number of nitrogens with one attached hydrogen (secondary N) is 2. The highest BCUT2D eigenvalue weighted by molar-refractivity contribution is 6.05. The van der Waals surface area contributed by atoms with Crippen LogP contribution in [0.15, 0.2) is 24.3 Å². The van der Waals surface area contributed by atoms with E-state index in [4.69, 9.17) is 4.74 Å². The number of nitrogens with zero attached hydrogens (tertiary/aromatic N) is 1. The van der Waals surface area contributed by atoms with Gasteiger partial charge in [0.1, 0.15) is 11.6 Å². The van der Waals surface area contributed by atoms with Gasteiger partial charge in [-0.3, -0.25) is 9.89 Å². The highest BCUT2D eigenvalue weighted by atomic mass is 19.1. The molecule has 0 spiro atoms. The van der Waals surface area contributed by atoms with Crippen molar-refractivity contribution >= 4 is 11.7 Å². The zero-order valence-electron chi connectivity index (χ0n) is 11.5. The summed E-state index contributed by atoms with van der Waals surface area (Å²) in [5, 5.41) is 9.43. The highest BCUT2D eigenvalue weighted by Crippen LogP contribution is 2.21. The van der Waals surface area contributed by atoms with Crippen LogP contribution < -0.4 is 10.1 Å². The second-order valence-electron chi connectivity index (χ2n) is 4.66. The number of methoxy groups -OCH3 is 1. The lowest BCUT2D eigenvalue weighted by atomic mass is 10.1. The maximum atomic E-state index is 13.2. The molecule has 0 atom stereocenters. The first kappa shape index (κ1) is 14.0. The number of amides is 1. The van der Waals surface area contributed by atoms with E-state index in [2.05, 4.69) is 15.5 Å². The van der Waals surface area contributed by atoms with Gasteiger partial charge < -0.3 is 10.1 Å². The molecule has 0 saturated heterocycles. The molecule has 20 heavy (non-hydrogen) atoms.